The summed E-state index contributed by atoms with van der Waals surface area (Å²) in [6, 6.07) is 10.9. The number of carbonyl (C=O) groups is 1. The zero-order valence-corrected chi connectivity index (χ0v) is 12.3. The van der Waals surface area contributed by atoms with Crippen LogP contribution in [0.1, 0.15) is 30.6 Å². The summed E-state index contributed by atoms with van der Waals surface area (Å²) in [7, 11) is 4.28. The number of hydrogen-bond acceptors (Lipinski definition) is 3. The molecule has 0 spiro atoms. The van der Waals surface area contributed by atoms with Gasteiger partial charge in [0, 0.05) is 22.4 Å². The molecule has 0 radical (unpaired) electrons. The zero-order chi connectivity index (χ0) is 13.5. The summed E-state index contributed by atoms with van der Waals surface area (Å²) < 4.78 is 1.34. The van der Waals surface area contributed by atoms with E-state index in [-0.39, 0.29) is 5.54 Å². The number of hydrogen-bond donors (Lipinski definition) is 0. The standard InChI is InChI=1S/C16H19NOS/c1-17(2)16(9-7-13(18)8-10-16)15-11-12-5-3-4-6-14(12)19-15/h3-6,11H,7-10H2,1-2H3. The number of rotatable bonds is 2. The van der Waals surface area contributed by atoms with E-state index >= 15 is 0 Å². The minimum absolute atomic E-state index is 0.0532. The maximum absolute atomic E-state index is 11.6. The summed E-state index contributed by atoms with van der Waals surface area (Å²) in [4.78, 5) is 15.3. The van der Waals surface area contributed by atoms with E-state index in [9.17, 15) is 4.79 Å². The third-order valence-corrected chi connectivity index (χ3v) is 5.68. The van der Waals surface area contributed by atoms with Crippen LogP contribution >= 0.6 is 11.3 Å². The summed E-state index contributed by atoms with van der Waals surface area (Å²) in [5.41, 5.74) is 0.0532. The van der Waals surface area contributed by atoms with Gasteiger partial charge >= 0.3 is 0 Å². The Morgan fingerprint density at radius 1 is 1.16 bits per heavy atom. The maximum atomic E-state index is 11.6. The van der Waals surface area contributed by atoms with Crippen LogP contribution in [0.15, 0.2) is 30.3 Å². The normalized spacial score (nSPS) is 19.2. The molecular weight excluding hydrogens is 254 g/mol. The summed E-state index contributed by atoms with van der Waals surface area (Å²) in [6.45, 7) is 0. The number of carbonyl (C=O) groups excluding carboxylic acids is 1. The Balaban J connectivity index is 2.07. The van der Waals surface area contributed by atoms with Crippen molar-refractivity contribution in [2.24, 2.45) is 0 Å². The van der Waals surface area contributed by atoms with Crippen LogP contribution < -0.4 is 0 Å². The number of benzene rings is 1. The van der Waals surface area contributed by atoms with Crippen molar-refractivity contribution in [3.8, 4) is 0 Å². The number of Topliss-reactive ketones (excluding diaryl/α,β-unsaturated/α-hetero) is 1. The molecule has 2 aromatic rings. The Morgan fingerprint density at radius 2 is 1.84 bits per heavy atom. The number of nitrogens with zero attached hydrogens (tertiary/aromatic N) is 1. The van der Waals surface area contributed by atoms with Gasteiger partial charge in [0.25, 0.3) is 0 Å². The van der Waals surface area contributed by atoms with Crippen LogP contribution in [0.2, 0.25) is 0 Å². The average Bonchev–Trinajstić information content (AvgIpc) is 2.83. The monoisotopic (exact) mass is 273 g/mol. The van der Waals surface area contributed by atoms with E-state index in [1.807, 2.05) is 11.3 Å². The third kappa shape index (κ3) is 2.11. The highest BCUT2D eigenvalue weighted by Crippen LogP contribution is 2.44. The zero-order valence-electron chi connectivity index (χ0n) is 11.5. The molecule has 2 nitrogen and oxygen atoms in total. The first-order valence-electron chi connectivity index (χ1n) is 6.80. The Morgan fingerprint density at radius 3 is 2.47 bits per heavy atom. The van der Waals surface area contributed by atoms with Gasteiger partial charge in [-0.1, -0.05) is 18.2 Å². The van der Waals surface area contributed by atoms with Crippen molar-refractivity contribution in [2.45, 2.75) is 31.2 Å². The molecule has 19 heavy (non-hydrogen) atoms. The van der Waals surface area contributed by atoms with Crippen LogP contribution in [0, 0.1) is 0 Å². The molecule has 1 fully saturated rings. The Labute approximate surface area is 118 Å². The summed E-state index contributed by atoms with van der Waals surface area (Å²) >= 11 is 1.88. The first-order valence-corrected chi connectivity index (χ1v) is 7.62. The number of thiophene rings is 1. The van der Waals surface area contributed by atoms with E-state index in [0.717, 1.165) is 12.8 Å². The molecule has 1 heterocycles. The predicted molar refractivity (Wildman–Crippen MR) is 80.7 cm³/mol. The van der Waals surface area contributed by atoms with Gasteiger partial charge in [0.2, 0.25) is 0 Å². The lowest BCUT2D eigenvalue weighted by Crippen LogP contribution is -2.43. The Hall–Kier alpha value is -1.19. The first kappa shape index (κ1) is 12.8. The maximum Gasteiger partial charge on any atom is 0.133 e. The second-order valence-corrected chi connectivity index (χ2v) is 6.70. The smallest absolute Gasteiger partial charge is 0.133 e. The van der Waals surface area contributed by atoms with Gasteiger partial charge < -0.3 is 0 Å². The Kier molecular flexibility index (Phi) is 3.19. The van der Waals surface area contributed by atoms with Crippen molar-refractivity contribution in [1.29, 1.82) is 0 Å². The van der Waals surface area contributed by atoms with Gasteiger partial charge in [-0.15, -0.1) is 11.3 Å². The molecule has 1 aliphatic carbocycles. The second-order valence-electron chi connectivity index (χ2n) is 5.61. The SMILES string of the molecule is CN(C)C1(c2cc3ccccc3s2)CCC(=O)CC1. The molecule has 0 amide bonds. The van der Waals surface area contributed by atoms with Gasteiger partial charge in [-0.25, -0.2) is 0 Å². The third-order valence-electron chi connectivity index (χ3n) is 4.38. The molecule has 100 valence electrons. The molecular formula is C16H19NOS. The second kappa shape index (κ2) is 4.73. The molecule has 0 aliphatic heterocycles. The summed E-state index contributed by atoms with van der Waals surface area (Å²) in [5, 5.41) is 1.32. The van der Waals surface area contributed by atoms with Crippen LogP contribution in [0.4, 0.5) is 0 Å². The minimum Gasteiger partial charge on any atom is -0.300 e. The van der Waals surface area contributed by atoms with E-state index in [4.69, 9.17) is 0 Å². The van der Waals surface area contributed by atoms with Crippen molar-refractivity contribution >= 4 is 27.2 Å². The van der Waals surface area contributed by atoms with E-state index in [0.29, 0.717) is 18.6 Å². The molecule has 0 saturated heterocycles. The Bertz CT molecular complexity index is 571. The van der Waals surface area contributed by atoms with Crippen molar-refractivity contribution in [1.82, 2.24) is 4.90 Å². The molecule has 1 saturated carbocycles. The number of fused-ring (bicyclic) bond motifs is 1. The molecule has 1 aromatic heterocycles. The van der Waals surface area contributed by atoms with Gasteiger partial charge in [-0.2, -0.15) is 0 Å². The average molecular weight is 273 g/mol. The van der Waals surface area contributed by atoms with Crippen LogP contribution in [-0.4, -0.2) is 24.8 Å². The quantitative estimate of drug-likeness (QED) is 0.829. The van der Waals surface area contributed by atoms with Crippen molar-refractivity contribution in [2.75, 3.05) is 14.1 Å². The van der Waals surface area contributed by atoms with Crippen LogP contribution in [-0.2, 0) is 10.3 Å². The molecule has 0 unspecified atom stereocenters. The van der Waals surface area contributed by atoms with Gasteiger partial charge in [0.1, 0.15) is 5.78 Å². The minimum atomic E-state index is 0.0532. The van der Waals surface area contributed by atoms with Gasteiger partial charge in [0.15, 0.2) is 0 Å². The topological polar surface area (TPSA) is 20.3 Å². The fraction of sp³-hybridized carbons (Fsp3) is 0.438. The lowest BCUT2D eigenvalue weighted by Gasteiger charge is -2.42. The van der Waals surface area contributed by atoms with E-state index in [2.05, 4.69) is 49.3 Å². The lowest BCUT2D eigenvalue weighted by molar-refractivity contribution is -0.122. The van der Waals surface area contributed by atoms with Gasteiger partial charge in [-0.05, 0) is 44.5 Å². The van der Waals surface area contributed by atoms with E-state index in [1.54, 1.807) is 0 Å². The number of ketones is 1. The van der Waals surface area contributed by atoms with Crippen LogP contribution in [0.5, 0.6) is 0 Å². The highest BCUT2D eigenvalue weighted by atomic mass is 32.1. The fourth-order valence-electron chi connectivity index (χ4n) is 3.07. The van der Waals surface area contributed by atoms with Crippen LogP contribution in [0.25, 0.3) is 10.1 Å². The molecule has 0 atom stereocenters. The van der Waals surface area contributed by atoms with Crippen LogP contribution in [0.3, 0.4) is 0 Å². The predicted octanol–water partition coefficient (Wildman–Crippen LogP) is 3.80. The summed E-state index contributed by atoms with van der Waals surface area (Å²) in [5.74, 6) is 0.415. The molecule has 1 aliphatic rings. The lowest BCUT2D eigenvalue weighted by atomic mass is 9.79. The van der Waals surface area contributed by atoms with Crippen molar-refractivity contribution in [3.05, 3.63) is 35.2 Å². The molecule has 0 bridgehead atoms. The highest BCUT2D eigenvalue weighted by molar-refractivity contribution is 7.19. The van der Waals surface area contributed by atoms with E-state index < -0.39 is 0 Å². The van der Waals surface area contributed by atoms with Gasteiger partial charge in [-0.3, -0.25) is 9.69 Å². The highest BCUT2D eigenvalue weighted by Gasteiger charge is 2.39. The fourth-order valence-corrected chi connectivity index (χ4v) is 4.46. The molecule has 3 heteroatoms. The molecule has 3 rings (SSSR count). The van der Waals surface area contributed by atoms with Crippen molar-refractivity contribution in [3.63, 3.8) is 0 Å². The molecule has 1 aromatic carbocycles. The van der Waals surface area contributed by atoms with Crippen molar-refractivity contribution < 1.29 is 4.79 Å². The van der Waals surface area contributed by atoms with E-state index in [1.165, 1.54) is 15.0 Å². The molecule has 0 N–H and O–H groups in total. The summed E-state index contributed by atoms with van der Waals surface area (Å²) in [6.07, 6.45) is 3.33. The largest absolute Gasteiger partial charge is 0.300 e. The first-order chi connectivity index (χ1) is 9.12. The van der Waals surface area contributed by atoms with Gasteiger partial charge in [0.05, 0.1) is 5.54 Å².